The first kappa shape index (κ1) is 15.8. The third kappa shape index (κ3) is 4.45. The smallest absolute Gasteiger partial charge is 0.248 e. The van der Waals surface area contributed by atoms with E-state index in [2.05, 4.69) is 26.1 Å². The summed E-state index contributed by atoms with van der Waals surface area (Å²) < 4.78 is 11.4. The minimum Gasteiger partial charge on any atom is -0.377 e. The molecule has 0 aromatic carbocycles. The normalized spacial score (nSPS) is 28.4. The van der Waals surface area contributed by atoms with Gasteiger partial charge in [0.2, 0.25) is 5.91 Å². The van der Waals surface area contributed by atoms with E-state index in [9.17, 15) is 4.79 Å². The molecule has 1 saturated carbocycles. The average molecular weight is 283 g/mol. The van der Waals surface area contributed by atoms with Crippen LogP contribution in [0.15, 0.2) is 0 Å². The van der Waals surface area contributed by atoms with E-state index < -0.39 is 0 Å². The Labute approximate surface area is 122 Å². The number of hydrogen-bond acceptors (Lipinski definition) is 3. The van der Waals surface area contributed by atoms with Crippen LogP contribution in [0.25, 0.3) is 0 Å². The van der Waals surface area contributed by atoms with Gasteiger partial charge in [0.15, 0.2) is 0 Å². The van der Waals surface area contributed by atoms with Crippen molar-refractivity contribution in [1.82, 2.24) is 5.32 Å². The zero-order valence-electron chi connectivity index (χ0n) is 13.3. The molecule has 0 bridgehead atoms. The molecule has 0 spiro atoms. The van der Waals surface area contributed by atoms with Gasteiger partial charge in [-0.05, 0) is 37.5 Å². The lowest BCUT2D eigenvalue weighted by Crippen LogP contribution is -2.42. The molecule has 2 aliphatic rings. The molecule has 1 aliphatic heterocycles. The molecule has 116 valence electrons. The second-order valence-electron chi connectivity index (χ2n) is 7.37. The molecule has 4 nitrogen and oxygen atoms in total. The summed E-state index contributed by atoms with van der Waals surface area (Å²) in [6, 6.07) is 0. The van der Waals surface area contributed by atoms with Gasteiger partial charge >= 0.3 is 0 Å². The Bertz CT molecular complexity index is 333. The SMILES string of the molecule is C[C@H](OCC1CC1)C(=O)NC[C@H]1CCO[C@@H]1C(C)(C)C. The van der Waals surface area contributed by atoms with Crippen molar-refractivity contribution < 1.29 is 14.3 Å². The van der Waals surface area contributed by atoms with E-state index in [1.165, 1.54) is 12.8 Å². The van der Waals surface area contributed by atoms with Crippen LogP contribution in [0.1, 0.15) is 47.0 Å². The zero-order valence-corrected chi connectivity index (χ0v) is 13.3. The molecule has 0 aromatic rings. The second kappa shape index (κ2) is 6.44. The van der Waals surface area contributed by atoms with Gasteiger partial charge in [-0.1, -0.05) is 20.8 Å². The summed E-state index contributed by atoms with van der Waals surface area (Å²) >= 11 is 0. The molecule has 0 unspecified atom stereocenters. The maximum atomic E-state index is 12.0. The Morgan fingerprint density at radius 1 is 1.35 bits per heavy atom. The van der Waals surface area contributed by atoms with Crippen molar-refractivity contribution in [2.24, 2.45) is 17.3 Å². The largest absolute Gasteiger partial charge is 0.377 e. The number of amides is 1. The van der Waals surface area contributed by atoms with Gasteiger partial charge in [-0.25, -0.2) is 0 Å². The summed E-state index contributed by atoms with van der Waals surface area (Å²) in [5, 5.41) is 3.03. The molecule has 1 saturated heterocycles. The molecule has 3 atom stereocenters. The Kier molecular flexibility index (Phi) is 5.08. The van der Waals surface area contributed by atoms with Crippen molar-refractivity contribution in [2.45, 2.75) is 59.2 Å². The van der Waals surface area contributed by atoms with Crippen LogP contribution in [-0.4, -0.2) is 37.9 Å². The van der Waals surface area contributed by atoms with Gasteiger partial charge in [0.05, 0.1) is 12.7 Å². The van der Waals surface area contributed by atoms with Crippen LogP contribution < -0.4 is 5.32 Å². The van der Waals surface area contributed by atoms with Crippen molar-refractivity contribution >= 4 is 5.91 Å². The van der Waals surface area contributed by atoms with Gasteiger partial charge in [0.25, 0.3) is 0 Å². The highest BCUT2D eigenvalue weighted by molar-refractivity contribution is 5.80. The minimum atomic E-state index is -0.342. The van der Waals surface area contributed by atoms with Crippen LogP contribution >= 0.6 is 0 Å². The highest BCUT2D eigenvalue weighted by Gasteiger charge is 2.37. The van der Waals surface area contributed by atoms with E-state index in [-0.39, 0.29) is 23.5 Å². The van der Waals surface area contributed by atoms with Crippen LogP contribution in [0, 0.1) is 17.3 Å². The topological polar surface area (TPSA) is 47.6 Å². The third-order valence-electron chi connectivity index (χ3n) is 4.25. The number of nitrogens with one attached hydrogen (secondary N) is 1. The van der Waals surface area contributed by atoms with Crippen LogP contribution in [0.3, 0.4) is 0 Å². The minimum absolute atomic E-state index is 0.00482. The highest BCUT2D eigenvalue weighted by Crippen LogP contribution is 2.34. The molecule has 20 heavy (non-hydrogen) atoms. The number of rotatable bonds is 6. The molecule has 2 rings (SSSR count). The summed E-state index contributed by atoms with van der Waals surface area (Å²) in [5.74, 6) is 1.11. The number of hydrogen-bond donors (Lipinski definition) is 1. The van der Waals surface area contributed by atoms with E-state index in [1.54, 1.807) is 0 Å². The first-order valence-electron chi connectivity index (χ1n) is 7.89. The molecule has 2 fully saturated rings. The maximum absolute atomic E-state index is 12.0. The maximum Gasteiger partial charge on any atom is 0.248 e. The standard InChI is InChI=1S/C16H29NO3/c1-11(20-10-12-5-6-12)15(18)17-9-13-7-8-19-14(13)16(2,3)4/h11-14H,5-10H2,1-4H3,(H,17,18)/t11-,13+,14-/m0/s1. The van der Waals surface area contributed by atoms with Gasteiger partial charge in [-0.2, -0.15) is 0 Å². The summed E-state index contributed by atoms with van der Waals surface area (Å²) in [4.78, 5) is 12.0. The van der Waals surface area contributed by atoms with Crippen molar-refractivity contribution in [3.8, 4) is 0 Å². The van der Waals surface area contributed by atoms with Gasteiger partial charge in [0.1, 0.15) is 6.10 Å². The van der Waals surface area contributed by atoms with Crippen LogP contribution in [0.2, 0.25) is 0 Å². The van der Waals surface area contributed by atoms with Crippen molar-refractivity contribution in [1.29, 1.82) is 0 Å². The summed E-state index contributed by atoms with van der Waals surface area (Å²) in [5.41, 5.74) is 0.125. The Morgan fingerprint density at radius 2 is 2.05 bits per heavy atom. The summed E-state index contributed by atoms with van der Waals surface area (Å²) in [6.45, 7) is 10.6. The lowest BCUT2D eigenvalue weighted by molar-refractivity contribution is -0.132. The lowest BCUT2D eigenvalue weighted by atomic mass is 9.81. The fourth-order valence-electron chi connectivity index (χ4n) is 2.82. The average Bonchev–Trinajstić information content (AvgIpc) is 3.07. The monoisotopic (exact) mass is 283 g/mol. The Balaban J connectivity index is 1.71. The van der Waals surface area contributed by atoms with Crippen molar-refractivity contribution in [3.63, 3.8) is 0 Å². The zero-order chi connectivity index (χ0) is 14.8. The van der Waals surface area contributed by atoms with E-state index in [1.807, 2.05) is 6.92 Å². The molecule has 1 heterocycles. The van der Waals surface area contributed by atoms with E-state index >= 15 is 0 Å². The Hall–Kier alpha value is -0.610. The molecule has 4 heteroatoms. The van der Waals surface area contributed by atoms with Crippen LogP contribution in [0.5, 0.6) is 0 Å². The second-order valence-corrected chi connectivity index (χ2v) is 7.37. The number of carbonyl (C=O) groups is 1. The Morgan fingerprint density at radius 3 is 2.65 bits per heavy atom. The molecule has 1 amide bonds. The van der Waals surface area contributed by atoms with E-state index in [4.69, 9.17) is 9.47 Å². The molecule has 0 radical (unpaired) electrons. The lowest BCUT2D eigenvalue weighted by Gasteiger charge is -2.31. The first-order chi connectivity index (χ1) is 9.38. The molecule has 1 aliphatic carbocycles. The van der Waals surface area contributed by atoms with E-state index in [0.29, 0.717) is 18.4 Å². The molecular formula is C16H29NO3. The van der Waals surface area contributed by atoms with Crippen LogP contribution in [0.4, 0.5) is 0 Å². The van der Waals surface area contributed by atoms with Gasteiger partial charge in [-0.15, -0.1) is 0 Å². The van der Waals surface area contributed by atoms with Crippen molar-refractivity contribution in [2.75, 3.05) is 19.8 Å². The summed E-state index contributed by atoms with van der Waals surface area (Å²) in [6.07, 6.45) is 3.41. The first-order valence-corrected chi connectivity index (χ1v) is 7.89. The number of carbonyl (C=O) groups excluding carboxylic acids is 1. The fourth-order valence-corrected chi connectivity index (χ4v) is 2.82. The summed E-state index contributed by atoms with van der Waals surface area (Å²) in [7, 11) is 0. The fraction of sp³-hybridized carbons (Fsp3) is 0.938. The molecular weight excluding hydrogens is 254 g/mol. The van der Waals surface area contributed by atoms with E-state index in [0.717, 1.165) is 19.6 Å². The van der Waals surface area contributed by atoms with Crippen LogP contribution in [-0.2, 0) is 14.3 Å². The quantitative estimate of drug-likeness (QED) is 0.814. The van der Waals surface area contributed by atoms with Gasteiger partial charge in [-0.3, -0.25) is 4.79 Å². The molecule has 1 N–H and O–H groups in total. The molecule has 0 aromatic heterocycles. The highest BCUT2D eigenvalue weighted by atomic mass is 16.5. The predicted octanol–water partition coefficient (Wildman–Crippen LogP) is 2.37. The van der Waals surface area contributed by atoms with Crippen molar-refractivity contribution in [3.05, 3.63) is 0 Å². The number of ether oxygens (including phenoxy) is 2. The predicted molar refractivity (Wildman–Crippen MR) is 78.4 cm³/mol. The van der Waals surface area contributed by atoms with Gasteiger partial charge < -0.3 is 14.8 Å². The third-order valence-corrected chi connectivity index (χ3v) is 4.25. The van der Waals surface area contributed by atoms with Gasteiger partial charge in [0, 0.05) is 19.1 Å².